The van der Waals surface area contributed by atoms with Gasteiger partial charge < -0.3 is 25.0 Å². The molecule has 0 aromatic heterocycles. The number of nitrogens with one attached hydrogen (secondary N) is 1. The topological polar surface area (TPSA) is 82.1 Å². The van der Waals surface area contributed by atoms with Crippen LogP contribution in [0.5, 0.6) is 0 Å². The molecule has 7 nitrogen and oxygen atoms in total. The molecule has 1 aromatic carbocycles. The van der Waals surface area contributed by atoms with Gasteiger partial charge in [-0.05, 0) is 37.5 Å². The molecule has 0 radical (unpaired) electrons. The van der Waals surface area contributed by atoms with Gasteiger partial charge in [-0.2, -0.15) is 0 Å². The SMILES string of the molecule is Cc1c(NC(=O)N2CCOCC(CO)C2)cccc1C(=O)N1CCCC1. The van der Waals surface area contributed by atoms with E-state index < -0.39 is 0 Å². The van der Waals surface area contributed by atoms with Crippen LogP contribution in [0.15, 0.2) is 18.2 Å². The second-order valence-corrected chi connectivity index (χ2v) is 6.98. The van der Waals surface area contributed by atoms with Gasteiger partial charge in [0.15, 0.2) is 0 Å². The Labute approximate surface area is 153 Å². The van der Waals surface area contributed by atoms with Crippen molar-refractivity contribution in [2.24, 2.45) is 5.92 Å². The van der Waals surface area contributed by atoms with Crippen LogP contribution in [0.2, 0.25) is 0 Å². The number of urea groups is 1. The quantitative estimate of drug-likeness (QED) is 0.859. The predicted octanol–water partition coefficient (Wildman–Crippen LogP) is 1.70. The average molecular weight is 361 g/mol. The molecule has 2 heterocycles. The number of anilines is 1. The fourth-order valence-electron chi connectivity index (χ4n) is 3.46. The lowest BCUT2D eigenvalue weighted by atomic mass is 10.1. The summed E-state index contributed by atoms with van der Waals surface area (Å²) >= 11 is 0. The summed E-state index contributed by atoms with van der Waals surface area (Å²) in [5.74, 6) is -0.0490. The third kappa shape index (κ3) is 4.16. The second-order valence-electron chi connectivity index (χ2n) is 6.98. The number of benzene rings is 1. The van der Waals surface area contributed by atoms with Crippen LogP contribution in [0.3, 0.4) is 0 Å². The smallest absolute Gasteiger partial charge is 0.321 e. The first-order valence-corrected chi connectivity index (χ1v) is 9.23. The number of aliphatic hydroxyl groups excluding tert-OH is 1. The molecule has 7 heteroatoms. The van der Waals surface area contributed by atoms with Crippen molar-refractivity contribution in [3.8, 4) is 0 Å². The Kier molecular flexibility index (Phi) is 6.11. The number of rotatable bonds is 3. The molecule has 3 amide bonds. The largest absolute Gasteiger partial charge is 0.396 e. The van der Waals surface area contributed by atoms with Gasteiger partial charge in [0, 0.05) is 50.0 Å². The maximum atomic E-state index is 12.7. The first-order chi connectivity index (χ1) is 12.6. The van der Waals surface area contributed by atoms with Gasteiger partial charge in [-0.1, -0.05) is 6.07 Å². The molecule has 142 valence electrons. The van der Waals surface area contributed by atoms with Crippen molar-refractivity contribution in [1.29, 1.82) is 0 Å². The number of nitrogens with zero attached hydrogens (tertiary/aromatic N) is 2. The van der Waals surface area contributed by atoms with Gasteiger partial charge in [0.05, 0.1) is 13.2 Å². The van der Waals surface area contributed by atoms with Crippen molar-refractivity contribution >= 4 is 17.6 Å². The zero-order valence-electron chi connectivity index (χ0n) is 15.2. The van der Waals surface area contributed by atoms with Crippen LogP contribution in [0.4, 0.5) is 10.5 Å². The Balaban J connectivity index is 1.72. The van der Waals surface area contributed by atoms with Crippen LogP contribution >= 0.6 is 0 Å². The number of ether oxygens (including phenoxy) is 1. The van der Waals surface area contributed by atoms with Crippen molar-refractivity contribution in [3.63, 3.8) is 0 Å². The van der Waals surface area contributed by atoms with E-state index in [0.29, 0.717) is 37.6 Å². The van der Waals surface area contributed by atoms with E-state index in [2.05, 4.69) is 5.32 Å². The van der Waals surface area contributed by atoms with Crippen LogP contribution < -0.4 is 5.32 Å². The lowest BCUT2D eigenvalue weighted by Gasteiger charge is -2.24. The minimum absolute atomic E-state index is 0.0113. The van der Waals surface area contributed by atoms with Crippen molar-refractivity contribution in [1.82, 2.24) is 9.80 Å². The molecular weight excluding hydrogens is 334 g/mol. The van der Waals surface area contributed by atoms with E-state index in [1.54, 1.807) is 11.0 Å². The van der Waals surface area contributed by atoms with Crippen molar-refractivity contribution < 1.29 is 19.4 Å². The number of carbonyl (C=O) groups is 2. The van der Waals surface area contributed by atoms with Gasteiger partial charge in [0.1, 0.15) is 0 Å². The summed E-state index contributed by atoms with van der Waals surface area (Å²) in [7, 11) is 0. The highest BCUT2D eigenvalue weighted by molar-refractivity contribution is 5.99. The Morgan fingerprint density at radius 2 is 2.00 bits per heavy atom. The molecule has 0 aliphatic carbocycles. The maximum absolute atomic E-state index is 12.7. The van der Waals surface area contributed by atoms with E-state index in [1.165, 1.54) is 0 Å². The standard InChI is InChI=1S/C19H27N3O4/c1-14-16(18(24)21-7-2-3-8-21)5-4-6-17(14)20-19(25)22-9-10-26-13-15(11-22)12-23/h4-6,15,23H,2-3,7-13H2,1H3,(H,20,25). The van der Waals surface area contributed by atoms with Crippen LogP contribution in [-0.2, 0) is 4.74 Å². The van der Waals surface area contributed by atoms with Gasteiger partial charge in [0.2, 0.25) is 0 Å². The third-order valence-electron chi connectivity index (χ3n) is 5.08. The summed E-state index contributed by atoms with van der Waals surface area (Å²) in [5.41, 5.74) is 2.06. The zero-order chi connectivity index (χ0) is 18.5. The first-order valence-electron chi connectivity index (χ1n) is 9.23. The van der Waals surface area contributed by atoms with E-state index >= 15 is 0 Å². The molecule has 2 saturated heterocycles. The Morgan fingerprint density at radius 3 is 2.73 bits per heavy atom. The molecule has 3 rings (SSSR count). The van der Waals surface area contributed by atoms with E-state index in [0.717, 1.165) is 31.5 Å². The fourth-order valence-corrected chi connectivity index (χ4v) is 3.46. The summed E-state index contributed by atoms with van der Waals surface area (Å²) in [6.45, 7) is 5.29. The van der Waals surface area contributed by atoms with Crippen molar-refractivity contribution in [2.75, 3.05) is 51.3 Å². The second kappa shape index (κ2) is 8.51. The molecule has 26 heavy (non-hydrogen) atoms. The molecule has 0 saturated carbocycles. The van der Waals surface area contributed by atoms with Gasteiger partial charge in [-0.3, -0.25) is 4.79 Å². The van der Waals surface area contributed by atoms with E-state index in [1.807, 2.05) is 24.0 Å². The van der Waals surface area contributed by atoms with Crippen molar-refractivity contribution in [2.45, 2.75) is 19.8 Å². The van der Waals surface area contributed by atoms with E-state index in [-0.39, 0.29) is 24.5 Å². The Morgan fingerprint density at radius 1 is 1.23 bits per heavy atom. The van der Waals surface area contributed by atoms with Crippen LogP contribution in [0.25, 0.3) is 0 Å². The monoisotopic (exact) mass is 361 g/mol. The van der Waals surface area contributed by atoms with Crippen LogP contribution in [-0.4, -0.2) is 72.8 Å². The number of amides is 3. The summed E-state index contributed by atoms with van der Waals surface area (Å²) in [6.07, 6.45) is 2.09. The minimum atomic E-state index is -0.233. The summed E-state index contributed by atoms with van der Waals surface area (Å²) < 4.78 is 5.43. The number of aliphatic hydroxyl groups is 1. The molecular formula is C19H27N3O4. The average Bonchev–Trinajstić information content (AvgIpc) is 3.07. The number of hydrogen-bond donors (Lipinski definition) is 2. The van der Waals surface area contributed by atoms with Gasteiger partial charge in [0.25, 0.3) is 5.91 Å². The molecule has 2 aliphatic rings. The summed E-state index contributed by atoms with van der Waals surface area (Å²) in [4.78, 5) is 28.9. The highest BCUT2D eigenvalue weighted by Crippen LogP contribution is 2.23. The van der Waals surface area contributed by atoms with Crippen molar-refractivity contribution in [3.05, 3.63) is 29.3 Å². The van der Waals surface area contributed by atoms with Gasteiger partial charge >= 0.3 is 6.03 Å². The molecule has 2 N–H and O–H groups in total. The molecule has 2 aliphatic heterocycles. The van der Waals surface area contributed by atoms with Gasteiger partial charge in [-0.15, -0.1) is 0 Å². The predicted molar refractivity (Wildman–Crippen MR) is 98.3 cm³/mol. The minimum Gasteiger partial charge on any atom is -0.396 e. The zero-order valence-corrected chi connectivity index (χ0v) is 15.2. The molecule has 1 aromatic rings. The first kappa shape index (κ1) is 18.7. The molecule has 1 unspecified atom stereocenters. The molecule has 0 bridgehead atoms. The summed E-state index contributed by atoms with van der Waals surface area (Å²) in [5, 5.41) is 12.3. The normalized spacial score (nSPS) is 20.8. The lowest BCUT2D eigenvalue weighted by Crippen LogP contribution is -2.39. The Bertz CT molecular complexity index is 658. The fraction of sp³-hybridized carbons (Fsp3) is 0.579. The van der Waals surface area contributed by atoms with Crippen LogP contribution in [0, 0.1) is 12.8 Å². The molecule has 1 atom stereocenters. The highest BCUT2D eigenvalue weighted by Gasteiger charge is 2.24. The molecule has 2 fully saturated rings. The van der Waals surface area contributed by atoms with E-state index in [9.17, 15) is 14.7 Å². The number of hydrogen-bond acceptors (Lipinski definition) is 4. The molecule has 0 spiro atoms. The van der Waals surface area contributed by atoms with Crippen LogP contribution in [0.1, 0.15) is 28.8 Å². The summed E-state index contributed by atoms with van der Waals surface area (Å²) in [6, 6.07) is 5.19. The number of carbonyl (C=O) groups excluding carboxylic acids is 2. The lowest BCUT2D eigenvalue weighted by molar-refractivity contribution is 0.0792. The number of likely N-dealkylation sites (tertiary alicyclic amines) is 1. The Hall–Kier alpha value is -2.12. The maximum Gasteiger partial charge on any atom is 0.321 e. The van der Waals surface area contributed by atoms with Gasteiger partial charge in [-0.25, -0.2) is 4.79 Å². The van der Waals surface area contributed by atoms with E-state index in [4.69, 9.17) is 4.74 Å². The third-order valence-corrected chi connectivity index (χ3v) is 5.08. The highest BCUT2D eigenvalue weighted by atomic mass is 16.5.